The maximum Gasteiger partial charge on any atom is 0.330 e. The summed E-state index contributed by atoms with van der Waals surface area (Å²) in [4.78, 5) is 10.5. The molecular formula is C14H22O2. The molecule has 0 aromatic rings. The zero-order valence-corrected chi connectivity index (χ0v) is 10.7. The molecule has 0 aromatic heterocycles. The van der Waals surface area contributed by atoms with Crippen LogP contribution in [0.5, 0.6) is 0 Å². The molecule has 0 saturated carbocycles. The highest BCUT2D eigenvalue weighted by atomic mass is 16.4. The first-order valence-electron chi connectivity index (χ1n) is 5.62. The number of carboxylic acids is 1. The highest BCUT2D eigenvalue weighted by Crippen LogP contribution is 2.08. The van der Waals surface area contributed by atoms with Crippen LogP contribution in [0, 0.1) is 0 Å². The fourth-order valence-corrected chi connectivity index (χ4v) is 1.21. The lowest BCUT2D eigenvalue weighted by Crippen LogP contribution is -1.95. The number of rotatable bonds is 6. The third-order valence-corrected chi connectivity index (χ3v) is 2.32. The van der Waals surface area contributed by atoms with Crippen molar-refractivity contribution < 1.29 is 9.90 Å². The number of aliphatic carboxylic acids is 1. The van der Waals surface area contributed by atoms with Gasteiger partial charge in [-0.2, -0.15) is 0 Å². The first-order valence-corrected chi connectivity index (χ1v) is 5.62. The lowest BCUT2D eigenvalue weighted by molar-refractivity contribution is -0.132. The Hall–Kier alpha value is -1.31. The fourth-order valence-electron chi connectivity index (χ4n) is 1.21. The van der Waals surface area contributed by atoms with Crippen molar-refractivity contribution in [2.24, 2.45) is 0 Å². The van der Waals surface area contributed by atoms with Gasteiger partial charge in [0.25, 0.3) is 0 Å². The van der Waals surface area contributed by atoms with Gasteiger partial charge in [0.1, 0.15) is 0 Å². The summed E-state index contributed by atoms with van der Waals surface area (Å²) in [6, 6.07) is 0. The Kier molecular flexibility index (Phi) is 7.27. The molecule has 0 heterocycles. The highest BCUT2D eigenvalue weighted by molar-refractivity contribution is 5.85. The molecule has 0 aromatic carbocycles. The van der Waals surface area contributed by atoms with Crippen molar-refractivity contribution in [2.75, 3.05) is 0 Å². The van der Waals surface area contributed by atoms with E-state index in [-0.39, 0.29) is 0 Å². The molecule has 0 aliphatic rings. The molecule has 0 atom stereocenters. The fraction of sp³-hybridized carbons (Fsp3) is 0.500. The van der Waals surface area contributed by atoms with Crippen LogP contribution in [0.4, 0.5) is 0 Å². The Morgan fingerprint density at radius 3 is 2.19 bits per heavy atom. The summed E-state index contributed by atoms with van der Waals surface area (Å²) >= 11 is 0. The van der Waals surface area contributed by atoms with Crippen LogP contribution in [-0.2, 0) is 4.79 Å². The molecule has 90 valence electrons. The molecule has 0 saturated heterocycles. The van der Waals surface area contributed by atoms with Gasteiger partial charge in [-0.05, 0) is 47.0 Å². The lowest BCUT2D eigenvalue weighted by Gasteiger charge is -1.98. The van der Waals surface area contributed by atoms with E-state index < -0.39 is 5.97 Å². The van der Waals surface area contributed by atoms with Gasteiger partial charge in [-0.25, -0.2) is 4.79 Å². The molecule has 16 heavy (non-hydrogen) atoms. The average Bonchev–Trinajstić information content (AvgIpc) is 2.16. The Bertz CT molecular complexity index is 316. The van der Waals surface area contributed by atoms with Crippen LogP contribution in [0.25, 0.3) is 0 Å². The Morgan fingerprint density at radius 2 is 1.69 bits per heavy atom. The topological polar surface area (TPSA) is 37.3 Å². The van der Waals surface area contributed by atoms with Crippen molar-refractivity contribution >= 4 is 5.97 Å². The number of allylic oxidation sites excluding steroid dienone is 5. The summed E-state index contributed by atoms with van der Waals surface area (Å²) in [5, 5.41) is 8.65. The lowest BCUT2D eigenvalue weighted by atomic mass is 10.1. The SMILES string of the molecule is CC(C)=CCC/C(C)=C/CC=C(C)C(=O)O. The van der Waals surface area contributed by atoms with E-state index in [4.69, 9.17) is 5.11 Å². The van der Waals surface area contributed by atoms with Crippen LogP contribution in [0.15, 0.2) is 34.9 Å². The van der Waals surface area contributed by atoms with E-state index in [2.05, 4.69) is 32.9 Å². The van der Waals surface area contributed by atoms with E-state index in [1.54, 1.807) is 13.0 Å². The molecule has 0 bridgehead atoms. The van der Waals surface area contributed by atoms with Crippen LogP contribution in [0.3, 0.4) is 0 Å². The van der Waals surface area contributed by atoms with Gasteiger partial charge in [0.2, 0.25) is 0 Å². The summed E-state index contributed by atoms with van der Waals surface area (Å²) in [5.41, 5.74) is 3.06. The van der Waals surface area contributed by atoms with Crippen LogP contribution in [0.2, 0.25) is 0 Å². The number of carboxylic acid groups (broad SMARTS) is 1. The van der Waals surface area contributed by atoms with Crippen molar-refractivity contribution in [3.63, 3.8) is 0 Å². The second kappa shape index (κ2) is 7.91. The van der Waals surface area contributed by atoms with Gasteiger partial charge in [0.15, 0.2) is 0 Å². The predicted molar refractivity (Wildman–Crippen MR) is 68.4 cm³/mol. The standard InChI is InChI=1S/C14H22O2/c1-11(2)7-5-8-12(3)9-6-10-13(4)14(15)16/h7,9-10H,5-6,8H2,1-4H3,(H,15,16)/b12-9+,13-10?. The molecule has 2 heteroatoms. The van der Waals surface area contributed by atoms with Gasteiger partial charge in [0, 0.05) is 5.57 Å². The maximum atomic E-state index is 10.5. The monoisotopic (exact) mass is 222 g/mol. The Balaban J connectivity index is 4.01. The van der Waals surface area contributed by atoms with Gasteiger partial charge in [0.05, 0.1) is 0 Å². The van der Waals surface area contributed by atoms with Crippen LogP contribution in [-0.4, -0.2) is 11.1 Å². The van der Waals surface area contributed by atoms with Gasteiger partial charge in [-0.15, -0.1) is 0 Å². The van der Waals surface area contributed by atoms with Crippen molar-refractivity contribution in [1.29, 1.82) is 0 Å². The normalized spacial score (nSPS) is 12.5. The molecule has 0 spiro atoms. The second-order valence-corrected chi connectivity index (χ2v) is 4.30. The van der Waals surface area contributed by atoms with E-state index >= 15 is 0 Å². The minimum atomic E-state index is -0.837. The number of hydrogen-bond acceptors (Lipinski definition) is 1. The molecule has 1 N–H and O–H groups in total. The van der Waals surface area contributed by atoms with Crippen LogP contribution >= 0.6 is 0 Å². The molecular weight excluding hydrogens is 200 g/mol. The number of hydrogen-bond donors (Lipinski definition) is 1. The largest absolute Gasteiger partial charge is 0.478 e. The summed E-state index contributed by atoms with van der Waals surface area (Å²) in [6.07, 6.45) is 8.86. The predicted octanol–water partition coefficient (Wildman–Crippen LogP) is 4.10. The molecule has 0 aliphatic heterocycles. The molecule has 0 rings (SSSR count). The van der Waals surface area contributed by atoms with Crippen molar-refractivity contribution in [3.05, 3.63) is 34.9 Å². The van der Waals surface area contributed by atoms with Crippen LogP contribution in [0.1, 0.15) is 47.0 Å². The van der Waals surface area contributed by atoms with Crippen molar-refractivity contribution in [3.8, 4) is 0 Å². The third-order valence-electron chi connectivity index (χ3n) is 2.32. The van der Waals surface area contributed by atoms with Crippen molar-refractivity contribution in [1.82, 2.24) is 0 Å². The highest BCUT2D eigenvalue weighted by Gasteiger charge is 1.96. The molecule has 0 aliphatic carbocycles. The zero-order valence-electron chi connectivity index (χ0n) is 10.7. The summed E-state index contributed by atoms with van der Waals surface area (Å²) in [5.74, 6) is -0.837. The van der Waals surface area contributed by atoms with Crippen LogP contribution < -0.4 is 0 Å². The third kappa shape index (κ3) is 8.04. The van der Waals surface area contributed by atoms with E-state index in [1.165, 1.54) is 11.1 Å². The summed E-state index contributed by atoms with van der Waals surface area (Å²) < 4.78 is 0. The quantitative estimate of drug-likeness (QED) is 0.542. The van der Waals surface area contributed by atoms with Gasteiger partial charge >= 0.3 is 5.97 Å². The minimum Gasteiger partial charge on any atom is -0.478 e. The summed E-state index contributed by atoms with van der Waals surface area (Å²) in [6.45, 7) is 7.90. The smallest absolute Gasteiger partial charge is 0.330 e. The van der Waals surface area contributed by atoms with Gasteiger partial charge < -0.3 is 5.11 Å². The summed E-state index contributed by atoms with van der Waals surface area (Å²) in [7, 11) is 0. The van der Waals surface area contributed by atoms with E-state index in [1.807, 2.05) is 0 Å². The van der Waals surface area contributed by atoms with E-state index in [0.717, 1.165) is 12.8 Å². The van der Waals surface area contributed by atoms with E-state index in [9.17, 15) is 4.79 Å². The first-order chi connectivity index (χ1) is 7.43. The van der Waals surface area contributed by atoms with Gasteiger partial charge in [-0.3, -0.25) is 0 Å². The molecule has 2 nitrogen and oxygen atoms in total. The molecule has 0 unspecified atom stereocenters. The Labute approximate surface area is 98.4 Å². The van der Waals surface area contributed by atoms with Crippen molar-refractivity contribution in [2.45, 2.75) is 47.0 Å². The molecule has 0 radical (unpaired) electrons. The zero-order chi connectivity index (χ0) is 12.6. The average molecular weight is 222 g/mol. The second-order valence-electron chi connectivity index (χ2n) is 4.30. The van der Waals surface area contributed by atoms with E-state index in [0.29, 0.717) is 12.0 Å². The minimum absolute atomic E-state index is 0.411. The van der Waals surface area contributed by atoms with Gasteiger partial charge in [-0.1, -0.05) is 29.4 Å². The number of carbonyl (C=O) groups is 1. The Morgan fingerprint density at radius 1 is 1.06 bits per heavy atom. The first kappa shape index (κ1) is 14.7. The maximum absolute atomic E-state index is 10.5. The molecule has 0 amide bonds. The molecule has 0 fully saturated rings.